The van der Waals surface area contributed by atoms with Gasteiger partial charge in [0.2, 0.25) is 0 Å². The Balaban J connectivity index is 2.63. The number of carbonyl (C=O) groups is 1. The van der Waals surface area contributed by atoms with Crippen LogP contribution in [0.4, 0.5) is 0 Å². The SMILES string of the molecule is CCCOC(=O)Cc1cc(O)ccc1O. The first-order valence-electron chi connectivity index (χ1n) is 4.80. The predicted molar refractivity (Wildman–Crippen MR) is 54.7 cm³/mol. The van der Waals surface area contributed by atoms with Crippen molar-refractivity contribution in [3.63, 3.8) is 0 Å². The molecule has 0 spiro atoms. The lowest BCUT2D eigenvalue weighted by molar-refractivity contribution is -0.142. The van der Waals surface area contributed by atoms with Gasteiger partial charge in [0.15, 0.2) is 0 Å². The second-order valence-corrected chi connectivity index (χ2v) is 3.21. The Labute approximate surface area is 88.1 Å². The predicted octanol–water partition coefficient (Wildman–Crippen LogP) is 1.59. The van der Waals surface area contributed by atoms with Gasteiger partial charge in [-0.25, -0.2) is 0 Å². The van der Waals surface area contributed by atoms with Crippen LogP contribution in [-0.4, -0.2) is 22.8 Å². The summed E-state index contributed by atoms with van der Waals surface area (Å²) in [5.41, 5.74) is 0.371. The molecule has 4 heteroatoms. The minimum absolute atomic E-state index is 0.0127. The van der Waals surface area contributed by atoms with Gasteiger partial charge in [-0.1, -0.05) is 6.92 Å². The van der Waals surface area contributed by atoms with E-state index in [9.17, 15) is 9.90 Å². The molecule has 0 bridgehead atoms. The maximum Gasteiger partial charge on any atom is 0.310 e. The van der Waals surface area contributed by atoms with Crippen LogP contribution in [0.25, 0.3) is 0 Å². The molecular formula is C11H14O4. The molecular weight excluding hydrogens is 196 g/mol. The number of phenols is 2. The summed E-state index contributed by atoms with van der Waals surface area (Å²) in [5, 5.41) is 18.6. The number of aromatic hydroxyl groups is 2. The van der Waals surface area contributed by atoms with Gasteiger partial charge in [-0.2, -0.15) is 0 Å². The summed E-state index contributed by atoms with van der Waals surface area (Å²) in [4.78, 5) is 11.2. The molecule has 0 saturated carbocycles. The van der Waals surface area contributed by atoms with Gasteiger partial charge in [-0.15, -0.1) is 0 Å². The van der Waals surface area contributed by atoms with Crippen molar-refractivity contribution in [2.75, 3.05) is 6.61 Å². The zero-order valence-electron chi connectivity index (χ0n) is 8.56. The van der Waals surface area contributed by atoms with Crippen molar-refractivity contribution in [3.05, 3.63) is 23.8 Å². The van der Waals surface area contributed by atoms with Crippen molar-refractivity contribution in [1.82, 2.24) is 0 Å². The minimum atomic E-state index is -0.405. The fourth-order valence-corrected chi connectivity index (χ4v) is 1.14. The van der Waals surface area contributed by atoms with E-state index >= 15 is 0 Å². The van der Waals surface area contributed by atoms with Crippen LogP contribution in [0, 0.1) is 0 Å². The first kappa shape index (κ1) is 11.4. The summed E-state index contributed by atoms with van der Waals surface area (Å²) < 4.78 is 4.86. The van der Waals surface area contributed by atoms with Gasteiger partial charge in [-0.3, -0.25) is 4.79 Å². The van der Waals surface area contributed by atoms with Gasteiger partial charge in [0.25, 0.3) is 0 Å². The van der Waals surface area contributed by atoms with Crippen LogP contribution < -0.4 is 0 Å². The number of esters is 1. The van der Waals surface area contributed by atoms with Gasteiger partial charge in [0.1, 0.15) is 11.5 Å². The highest BCUT2D eigenvalue weighted by Gasteiger charge is 2.09. The zero-order chi connectivity index (χ0) is 11.3. The third-order valence-corrected chi connectivity index (χ3v) is 1.87. The van der Waals surface area contributed by atoms with E-state index in [-0.39, 0.29) is 17.9 Å². The van der Waals surface area contributed by atoms with Gasteiger partial charge < -0.3 is 14.9 Å². The van der Waals surface area contributed by atoms with E-state index in [2.05, 4.69) is 0 Å². The molecule has 0 atom stereocenters. The Morgan fingerprint density at radius 2 is 2.13 bits per heavy atom. The van der Waals surface area contributed by atoms with Gasteiger partial charge in [-0.05, 0) is 24.6 Å². The maximum absolute atomic E-state index is 11.2. The van der Waals surface area contributed by atoms with Crippen LogP contribution >= 0.6 is 0 Å². The van der Waals surface area contributed by atoms with E-state index in [0.717, 1.165) is 6.42 Å². The van der Waals surface area contributed by atoms with Crippen LogP contribution in [0.3, 0.4) is 0 Å². The van der Waals surface area contributed by atoms with Gasteiger partial charge in [0.05, 0.1) is 13.0 Å². The molecule has 0 aliphatic rings. The zero-order valence-corrected chi connectivity index (χ0v) is 8.56. The third kappa shape index (κ3) is 3.50. The Morgan fingerprint density at radius 3 is 2.80 bits per heavy atom. The molecule has 0 unspecified atom stereocenters. The van der Waals surface area contributed by atoms with Crippen molar-refractivity contribution < 1.29 is 19.7 Å². The van der Waals surface area contributed by atoms with E-state index in [1.807, 2.05) is 6.92 Å². The molecule has 1 aromatic carbocycles. The molecule has 4 nitrogen and oxygen atoms in total. The Hall–Kier alpha value is -1.71. The lowest BCUT2D eigenvalue weighted by Gasteiger charge is -2.05. The van der Waals surface area contributed by atoms with Gasteiger partial charge in [0, 0.05) is 5.56 Å². The molecule has 0 amide bonds. The molecule has 82 valence electrons. The second-order valence-electron chi connectivity index (χ2n) is 3.21. The summed E-state index contributed by atoms with van der Waals surface area (Å²) >= 11 is 0. The van der Waals surface area contributed by atoms with E-state index < -0.39 is 5.97 Å². The summed E-state index contributed by atoms with van der Waals surface area (Å²) in [6.45, 7) is 2.28. The van der Waals surface area contributed by atoms with Crippen LogP contribution in [0.1, 0.15) is 18.9 Å². The molecule has 0 fully saturated rings. The molecule has 1 rings (SSSR count). The Kier molecular flexibility index (Phi) is 3.97. The van der Waals surface area contributed by atoms with E-state index in [4.69, 9.17) is 9.84 Å². The quantitative estimate of drug-likeness (QED) is 0.585. The fraction of sp³-hybridized carbons (Fsp3) is 0.364. The Bertz CT molecular complexity index is 346. The smallest absolute Gasteiger partial charge is 0.310 e. The topological polar surface area (TPSA) is 66.8 Å². The van der Waals surface area contributed by atoms with Crippen LogP contribution in [0.2, 0.25) is 0 Å². The molecule has 1 aromatic rings. The van der Waals surface area contributed by atoms with E-state index in [0.29, 0.717) is 12.2 Å². The van der Waals surface area contributed by atoms with Crippen molar-refractivity contribution >= 4 is 5.97 Å². The molecule has 15 heavy (non-hydrogen) atoms. The first-order valence-corrected chi connectivity index (χ1v) is 4.80. The monoisotopic (exact) mass is 210 g/mol. The molecule has 2 N–H and O–H groups in total. The number of hydrogen-bond acceptors (Lipinski definition) is 4. The van der Waals surface area contributed by atoms with Crippen molar-refractivity contribution in [3.8, 4) is 11.5 Å². The number of phenolic OH excluding ortho intramolecular Hbond substituents is 2. The number of carbonyl (C=O) groups excluding carboxylic acids is 1. The highest BCUT2D eigenvalue weighted by atomic mass is 16.5. The van der Waals surface area contributed by atoms with E-state index in [1.165, 1.54) is 18.2 Å². The summed E-state index contributed by atoms with van der Waals surface area (Å²) in [7, 11) is 0. The first-order chi connectivity index (χ1) is 7.13. The number of rotatable bonds is 4. The maximum atomic E-state index is 11.2. The number of hydrogen-bond donors (Lipinski definition) is 2. The number of ether oxygens (including phenoxy) is 1. The summed E-state index contributed by atoms with van der Waals surface area (Å²) in [6, 6.07) is 4.05. The average Bonchev–Trinajstić information content (AvgIpc) is 2.20. The van der Waals surface area contributed by atoms with Crippen molar-refractivity contribution in [2.45, 2.75) is 19.8 Å². The molecule has 0 radical (unpaired) electrons. The van der Waals surface area contributed by atoms with Crippen LogP contribution in [0.5, 0.6) is 11.5 Å². The molecule has 0 aromatic heterocycles. The largest absolute Gasteiger partial charge is 0.508 e. The molecule has 0 aliphatic heterocycles. The van der Waals surface area contributed by atoms with Crippen LogP contribution in [0.15, 0.2) is 18.2 Å². The summed E-state index contributed by atoms with van der Waals surface area (Å²) in [5.74, 6) is -0.398. The van der Waals surface area contributed by atoms with Gasteiger partial charge >= 0.3 is 5.97 Å². The highest BCUT2D eigenvalue weighted by molar-refractivity contribution is 5.73. The third-order valence-electron chi connectivity index (χ3n) is 1.87. The van der Waals surface area contributed by atoms with Crippen LogP contribution in [-0.2, 0) is 16.0 Å². The highest BCUT2D eigenvalue weighted by Crippen LogP contribution is 2.22. The molecule has 0 saturated heterocycles. The fourth-order valence-electron chi connectivity index (χ4n) is 1.14. The second kappa shape index (κ2) is 5.24. The normalized spacial score (nSPS) is 9.93. The van der Waals surface area contributed by atoms with Crippen molar-refractivity contribution in [1.29, 1.82) is 0 Å². The standard InChI is InChI=1S/C11H14O4/c1-2-5-15-11(14)7-8-6-9(12)3-4-10(8)13/h3-4,6,12-13H,2,5,7H2,1H3. The Morgan fingerprint density at radius 1 is 1.40 bits per heavy atom. The lowest BCUT2D eigenvalue weighted by Crippen LogP contribution is -2.08. The minimum Gasteiger partial charge on any atom is -0.508 e. The number of benzene rings is 1. The van der Waals surface area contributed by atoms with Crippen molar-refractivity contribution in [2.24, 2.45) is 0 Å². The van der Waals surface area contributed by atoms with E-state index in [1.54, 1.807) is 0 Å². The molecule has 0 aliphatic carbocycles. The summed E-state index contributed by atoms with van der Waals surface area (Å²) in [6.07, 6.45) is 0.734. The average molecular weight is 210 g/mol. The molecule has 0 heterocycles. The lowest BCUT2D eigenvalue weighted by atomic mass is 10.1.